The van der Waals surface area contributed by atoms with Gasteiger partial charge in [-0.3, -0.25) is 9.63 Å². The topological polar surface area (TPSA) is 76.1 Å². The maximum Gasteiger partial charge on any atom is 0.309 e. The standard InChI is InChI=1S/C18H24F2N2O5S/c1-3-26-18(23)12-7-9-22(10-8-12)28(24,25)15-11-27-21(2)17(15)13-5-4-6-14(19)16(13)20/h4-6,12,15,17H,3,7-11H2,1-2H3/t15-,17+/m0/s1. The van der Waals surface area contributed by atoms with Crippen molar-refractivity contribution in [2.24, 2.45) is 5.92 Å². The van der Waals surface area contributed by atoms with Gasteiger partial charge in [-0.25, -0.2) is 21.5 Å². The van der Waals surface area contributed by atoms with Gasteiger partial charge in [0.25, 0.3) is 0 Å². The molecule has 0 aromatic heterocycles. The summed E-state index contributed by atoms with van der Waals surface area (Å²) in [5.74, 6) is -2.76. The first-order valence-electron chi connectivity index (χ1n) is 9.22. The quantitative estimate of drug-likeness (QED) is 0.680. The first-order chi connectivity index (χ1) is 13.3. The van der Waals surface area contributed by atoms with Crippen LogP contribution in [0.5, 0.6) is 0 Å². The number of benzene rings is 1. The van der Waals surface area contributed by atoms with Crippen molar-refractivity contribution in [2.45, 2.75) is 31.1 Å². The van der Waals surface area contributed by atoms with Crippen LogP contribution in [0.25, 0.3) is 0 Å². The summed E-state index contributed by atoms with van der Waals surface area (Å²) in [4.78, 5) is 17.2. The monoisotopic (exact) mass is 418 g/mol. The number of carbonyl (C=O) groups excluding carboxylic acids is 1. The van der Waals surface area contributed by atoms with Gasteiger partial charge in [0.05, 0.1) is 25.2 Å². The van der Waals surface area contributed by atoms with Gasteiger partial charge in [-0.05, 0) is 25.8 Å². The summed E-state index contributed by atoms with van der Waals surface area (Å²) in [5.41, 5.74) is -0.0602. The van der Waals surface area contributed by atoms with E-state index in [1.807, 2.05) is 0 Å². The molecule has 2 heterocycles. The average molecular weight is 418 g/mol. The Morgan fingerprint density at radius 3 is 2.61 bits per heavy atom. The second-order valence-electron chi connectivity index (χ2n) is 6.94. The molecule has 2 atom stereocenters. The Morgan fingerprint density at radius 2 is 1.96 bits per heavy atom. The zero-order valence-corrected chi connectivity index (χ0v) is 16.6. The molecule has 10 heteroatoms. The second kappa shape index (κ2) is 8.40. The third-order valence-corrected chi connectivity index (χ3v) is 7.55. The van der Waals surface area contributed by atoms with Crippen molar-refractivity contribution >= 4 is 16.0 Å². The molecule has 2 fully saturated rings. The van der Waals surface area contributed by atoms with E-state index in [9.17, 15) is 22.0 Å². The highest BCUT2D eigenvalue weighted by Crippen LogP contribution is 2.37. The van der Waals surface area contributed by atoms with Crippen molar-refractivity contribution in [2.75, 3.05) is 33.4 Å². The van der Waals surface area contributed by atoms with E-state index in [0.29, 0.717) is 12.8 Å². The molecule has 2 saturated heterocycles. The fourth-order valence-corrected chi connectivity index (χ4v) is 5.77. The van der Waals surface area contributed by atoms with Crippen LogP contribution in [0, 0.1) is 17.6 Å². The highest BCUT2D eigenvalue weighted by molar-refractivity contribution is 7.89. The Morgan fingerprint density at radius 1 is 1.29 bits per heavy atom. The predicted octanol–water partition coefficient (Wildman–Crippen LogP) is 1.86. The van der Waals surface area contributed by atoms with Gasteiger partial charge in [-0.1, -0.05) is 12.1 Å². The average Bonchev–Trinajstić information content (AvgIpc) is 3.06. The normalized spacial score (nSPS) is 25.1. The molecule has 0 saturated carbocycles. The lowest BCUT2D eigenvalue weighted by atomic mass is 9.98. The van der Waals surface area contributed by atoms with Gasteiger partial charge in [-0.15, -0.1) is 0 Å². The summed E-state index contributed by atoms with van der Waals surface area (Å²) < 4.78 is 60.7. The number of hydrogen-bond donors (Lipinski definition) is 0. The first-order valence-corrected chi connectivity index (χ1v) is 10.7. The molecule has 28 heavy (non-hydrogen) atoms. The number of nitrogens with zero attached hydrogens (tertiary/aromatic N) is 2. The third kappa shape index (κ3) is 3.91. The van der Waals surface area contributed by atoms with Gasteiger partial charge >= 0.3 is 5.97 Å². The van der Waals surface area contributed by atoms with E-state index in [0.717, 1.165) is 6.07 Å². The van der Waals surface area contributed by atoms with Gasteiger partial charge in [0.15, 0.2) is 11.6 Å². The number of hydrogen-bond acceptors (Lipinski definition) is 6. The summed E-state index contributed by atoms with van der Waals surface area (Å²) >= 11 is 0. The van der Waals surface area contributed by atoms with E-state index in [1.165, 1.54) is 28.5 Å². The molecular formula is C18H24F2N2O5S. The van der Waals surface area contributed by atoms with Crippen LogP contribution < -0.4 is 0 Å². The lowest BCUT2D eigenvalue weighted by Crippen LogP contribution is -2.47. The van der Waals surface area contributed by atoms with Gasteiger partial charge in [-0.2, -0.15) is 5.06 Å². The molecule has 0 amide bonds. The van der Waals surface area contributed by atoms with Crippen molar-refractivity contribution in [3.63, 3.8) is 0 Å². The smallest absolute Gasteiger partial charge is 0.309 e. The second-order valence-corrected chi connectivity index (χ2v) is 9.09. The Kier molecular flexibility index (Phi) is 6.33. The van der Waals surface area contributed by atoms with Gasteiger partial charge < -0.3 is 4.74 Å². The van der Waals surface area contributed by atoms with Crippen molar-refractivity contribution in [3.8, 4) is 0 Å². The van der Waals surface area contributed by atoms with E-state index in [4.69, 9.17) is 9.57 Å². The SMILES string of the molecule is CCOC(=O)C1CCN(S(=O)(=O)[C@H]2CON(C)[C@@H]2c2cccc(F)c2F)CC1. The minimum atomic E-state index is -3.86. The van der Waals surface area contributed by atoms with Crippen molar-refractivity contribution in [1.29, 1.82) is 0 Å². The Hall–Kier alpha value is -1.62. The summed E-state index contributed by atoms with van der Waals surface area (Å²) in [5, 5.41) is 0.179. The molecule has 2 aliphatic rings. The number of rotatable bonds is 5. The molecule has 2 aliphatic heterocycles. The maximum absolute atomic E-state index is 14.3. The highest BCUT2D eigenvalue weighted by Gasteiger charge is 2.47. The Balaban J connectivity index is 1.79. The minimum Gasteiger partial charge on any atom is -0.466 e. The zero-order chi connectivity index (χ0) is 20.5. The number of halogens is 2. The van der Waals surface area contributed by atoms with Crippen LogP contribution in [-0.2, 0) is 24.4 Å². The molecule has 7 nitrogen and oxygen atoms in total. The Labute approximate surface area is 163 Å². The molecule has 1 aromatic carbocycles. The van der Waals surface area contributed by atoms with Crippen molar-refractivity contribution in [3.05, 3.63) is 35.4 Å². The van der Waals surface area contributed by atoms with Crippen molar-refractivity contribution in [1.82, 2.24) is 9.37 Å². The van der Waals surface area contributed by atoms with Crippen LogP contribution in [0.4, 0.5) is 8.78 Å². The lowest BCUT2D eigenvalue weighted by molar-refractivity contribution is -0.149. The largest absolute Gasteiger partial charge is 0.466 e. The van der Waals surface area contributed by atoms with Gasteiger partial charge in [0, 0.05) is 25.7 Å². The van der Waals surface area contributed by atoms with Gasteiger partial charge in [0.1, 0.15) is 5.25 Å². The molecule has 0 aliphatic carbocycles. The van der Waals surface area contributed by atoms with E-state index < -0.39 is 32.9 Å². The Bertz CT molecular complexity index is 827. The van der Waals surface area contributed by atoms with E-state index >= 15 is 0 Å². The molecule has 0 unspecified atom stereocenters. The van der Waals surface area contributed by atoms with E-state index in [2.05, 4.69) is 0 Å². The fourth-order valence-electron chi connectivity index (χ4n) is 3.79. The summed E-state index contributed by atoms with van der Waals surface area (Å²) in [7, 11) is -2.36. The highest BCUT2D eigenvalue weighted by atomic mass is 32.2. The molecule has 1 aromatic rings. The van der Waals surface area contributed by atoms with Crippen LogP contribution in [0.15, 0.2) is 18.2 Å². The molecular weight excluding hydrogens is 394 g/mol. The van der Waals surface area contributed by atoms with Gasteiger partial charge in [0.2, 0.25) is 10.0 Å². The number of carbonyl (C=O) groups is 1. The molecule has 3 rings (SSSR count). The first kappa shape index (κ1) is 21.1. The number of esters is 1. The molecule has 0 bridgehead atoms. The summed E-state index contributed by atoms with van der Waals surface area (Å²) in [6.07, 6.45) is 0.723. The summed E-state index contributed by atoms with van der Waals surface area (Å²) in [6.45, 7) is 2.19. The maximum atomic E-state index is 14.3. The lowest BCUT2D eigenvalue weighted by Gasteiger charge is -2.33. The van der Waals surface area contributed by atoms with Crippen LogP contribution in [0.2, 0.25) is 0 Å². The number of ether oxygens (including phenoxy) is 1. The number of piperidine rings is 1. The molecule has 0 spiro atoms. The van der Waals surface area contributed by atoms with Crippen LogP contribution in [-0.4, -0.2) is 62.4 Å². The van der Waals surface area contributed by atoms with Crippen LogP contribution in [0.3, 0.4) is 0 Å². The van der Waals surface area contributed by atoms with E-state index in [1.54, 1.807) is 6.92 Å². The zero-order valence-electron chi connectivity index (χ0n) is 15.8. The molecule has 156 valence electrons. The predicted molar refractivity (Wildman–Crippen MR) is 96.5 cm³/mol. The molecule has 0 N–H and O–H groups in total. The van der Waals surface area contributed by atoms with Crippen LogP contribution >= 0.6 is 0 Å². The number of hydroxylamine groups is 2. The summed E-state index contributed by atoms with van der Waals surface area (Å²) in [6, 6.07) is 2.72. The minimum absolute atomic E-state index is 0.0602. The fraction of sp³-hybridized carbons (Fsp3) is 0.611. The van der Waals surface area contributed by atoms with Crippen LogP contribution in [0.1, 0.15) is 31.4 Å². The van der Waals surface area contributed by atoms with E-state index in [-0.39, 0.29) is 43.8 Å². The van der Waals surface area contributed by atoms with Crippen molar-refractivity contribution < 1.29 is 31.6 Å². The third-order valence-electron chi connectivity index (χ3n) is 5.30. The number of sulfonamides is 1. The molecule has 0 radical (unpaired) electrons.